The first-order valence-electron chi connectivity index (χ1n) is 8.17. The Morgan fingerprint density at radius 1 is 1.29 bits per heavy atom. The average molecular weight is 304 g/mol. The molecule has 0 bridgehead atoms. The van der Waals surface area contributed by atoms with Crippen LogP contribution in [0.2, 0.25) is 0 Å². The molecule has 2 unspecified atom stereocenters. The van der Waals surface area contributed by atoms with Crippen LogP contribution in [0.5, 0.6) is 0 Å². The number of amides is 1. The van der Waals surface area contributed by atoms with Gasteiger partial charge in [0, 0.05) is 10.9 Å². The lowest BCUT2D eigenvalue weighted by atomic mass is 9.72. The van der Waals surface area contributed by atoms with Crippen LogP contribution >= 0.6 is 11.3 Å². The Balaban J connectivity index is 1.71. The lowest BCUT2D eigenvalue weighted by Crippen LogP contribution is -2.49. The van der Waals surface area contributed by atoms with Crippen molar-refractivity contribution in [3.63, 3.8) is 0 Å². The SMILES string of the molecule is CC1(C)CCCCC1N1C(=O)C2(CC2)NC1c1cccs1. The van der Waals surface area contributed by atoms with E-state index in [0.29, 0.717) is 11.9 Å². The zero-order chi connectivity index (χ0) is 14.7. The summed E-state index contributed by atoms with van der Waals surface area (Å²) >= 11 is 1.76. The van der Waals surface area contributed by atoms with Gasteiger partial charge in [-0.3, -0.25) is 10.1 Å². The van der Waals surface area contributed by atoms with Crippen molar-refractivity contribution in [2.24, 2.45) is 5.41 Å². The Bertz CT molecular complexity index is 547. The van der Waals surface area contributed by atoms with Crippen LogP contribution < -0.4 is 5.32 Å². The molecule has 4 rings (SSSR count). The molecule has 21 heavy (non-hydrogen) atoms. The maximum atomic E-state index is 13.1. The normalized spacial score (nSPS) is 33.6. The minimum atomic E-state index is -0.220. The van der Waals surface area contributed by atoms with Gasteiger partial charge in [-0.2, -0.15) is 0 Å². The van der Waals surface area contributed by atoms with Gasteiger partial charge in [-0.05, 0) is 42.5 Å². The van der Waals surface area contributed by atoms with E-state index in [1.807, 2.05) is 0 Å². The molecule has 2 atom stereocenters. The fraction of sp³-hybridized carbons (Fsp3) is 0.706. The van der Waals surface area contributed by atoms with E-state index in [2.05, 4.69) is 41.6 Å². The first-order valence-corrected chi connectivity index (χ1v) is 9.05. The van der Waals surface area contributed by atoms with Crippen molar-refractivity contribution in [2.45, 2.75) is 70.1 Å². The molecule has 1 aromatic heterocycles. The van der Waals surface area contributed by atoms with Crippen LogP contribution in [0, 0.1) is 5.41 Å². The Morgan fingerprint density at radius 2 is 2.10 bits per heavy atom. The summed E-state index contributed by atoms with van der Waals surface area (Å²) in [6.07, 6.45) is 7.05. The number of thiophene rings is 1. The molecule has 3 fully saturated rings. The number of carbonyl (C=O) groups excluding carboxylic acids is 1. The van der Waals surface area contributed by atoms with Gasteiger partial charge in [0.05, 0.1) is 0 Å². The summed E-state index contributed by atoms with van der Waals surface area (Å²) in [5, 5.41) is 5.78. The van der Waals surface area contributed by atoms with Crippen LogP contribution in [-0.2, 0) is 4.79 Å². The van der Waals surface area contributed by atoms with Crippen LogP contribution in [0.15, 0.2) is 17.5 Å². The van der Waals surface area contributed by atoms with E-state index in [0.717, 1.165) is 19.3 Å². The van der Waals surface area contributed by atoms with E-state index < -0.39 is 0 Å². The average Bonchev–Trinajstić information content (AvgIpc) is 2.92. The molecular formula is C17H24N2OS. The monoisotopic (exact) mass is 304 g/mol. The van der Waals surface area contributed by atoms with Gasteiger partial charge >= 0.3 is 0 Å². The molecule has 1 amide bonds. The Kier molecular flexibility index (Phi) is 2.99. The summed E-state index contributed by atoms with van der Waals surface area (Å²) in [5.74, 6) is 0.362. The van der Waals surface area contributed by atoms with Crippen LogP contribution in [0.1, 0.15) is 63.4 Å². The van der Waals surface area contributed by atoms with Crippen molar-refractivity contribution < 1.29 is 4.79 Å². The second kappa shape index (κ2) is 4.56. The number of nitrogens with zero attached hydrogens (tertiary/aromatic N) is 1. The van der Waals surface area contributed by atoms with Crippen molar-refractivity contribution in [1.82, 2.24) is 10.2 Å². The third-order valence-electron chi connectivity index (χ3n) is 5.68. The van der Waals surface area contributed by atoms with Crippen molar-refractivity contribution in [3.05, 3.63) is 22.4 Å². The van der Waals surface area contributed by atoms with Crippen molar-refractivity contribution >= 4 is 17.2 Å². The Hall–Kier alpha value is -0.870. The first kappa shape index (κ1) is 13.8. The molecule has 4 heteroatoms. The number of carbonyl (C=O) groups is 1. The third-order valence-corrected chi connectivity index (χ3v) is 6.61. The van der Waals surface area contributed by atoms with Crippen LogP contribution in [0.4, 0.5) is 0 Å². The molecule has 0 radical (unpaired) electrons. The predicted molar refractivity (Wildman–Crippen MR) is 85.0 cm³/mol. The summed E-state index contributed by atoms with van der Waals surface area (Å²) in [4.78, 5) is 16.6. The zero-order valence-corrected chi connectivity index (χ0v) is 13.7. The van der Waals surface area contributed by atoms with Gasteiger partial charge in [-0.25, -0.2) is 0 Å². The molecular weight excluding hydrogens is 280 g/mol. The molecule has 1 saturated heterocycles. The van der Waals surface area contributed by atoms with E-state index in [9.17, 15) is 4.79 Å². The maximum absolute atomic E-state index is 13.1. The van der Waals surface area contributed by atoms with E-state index in [1.165, 1.54) is 24.1 Å². The van der Waals surface area contributed by atoms with Gasteiger partial charge in [-0.15, -0.1) is 11.3 Å². The minimum Gasteiger partial charge on any atom is -0.317 e. The van der Waals surface area contributed by atoms with Crippen molar-refractivity contribution in [2.75, 3.05) is 0 Å². The fourth-order valence-corrected chi connectivity index (χ4v) is 4.98. The molecule has 1 N–H and O–H groups in total. The maximum Gasteiger partial charge on any atom is 0.244 e. The topological polar surface area (TPSA) is 32.3 Å². The molecule has 2 heterocycles. The summed E-state index contributed by atoms with van der Waals surface area (Å²) in [6.45, 7) is 4.68. The number of nitrogens with one attached hydrogen (secondary N) is 1. The van der Waals surface area contributed by atoms with E-state index in [4.69, 9.17) is 0 Å². The summed E-state index contributed by atoms with van der Waals surface area (Å²) in [5.41, 5.74) is 0.00764. The standard InChI is InChI=1S/C17H24N2OS/c1-16(2)8-4-3-7-13(16)19-14(12-6-5-11-21-12)18-17(9-10-17)15(19)20/h5-6,11,13-14,18H,3-4,7-10H2,1-2H3. The van der Waals surface area contributed by atoms with Gasteiger partial charge in [0.15, 0.2) is 0 Å². The smallest absolute Gasteiger partial charge is 0.244 e. The number of hydrogen-bond acceptors (Lipinski definition) is 3. The fourth-order valence-electron chi connectivity index (χ4n) is 4.21. The van der Waals surface area contributed by atoms with Crippen molar-refractivity contribution in [1.29, 1.82) is 0 Å². The minimum absolute atomic E-state index is 0.0994. The quantitative estimate of drug-likeness (QED) is 0.904. The Labute approximate surface area is 130 Å². The second-order valence-corrected chi connectivity index (χ2v) is 8.59. The highest BCUT2D eigenvalue weighted by atomic mass is 32.1. The third kappa shape index (κ3) is 2.07. The predicted octanol–water partition coefficient (Wildman–Crippen LogP) is 3.68. The summed E-state index contributed by atoms with van der Waals surface area (Å²) in [6, 6.07) is 4.63. The van der Waals surface area contributed by atoms with Gasteiger partial charge in [0.2, 0.25) is 5.91 Å². The molecule has 0 aromatic carbocycles. The summed E-state index contributed by atoms with van der Waals surface area (Å²) in [7, 11) is 0. The van der Waals surface area contributed by atoms with Crippen LogP contribution in [0.3, 0.4) is 0 Å². The highest BCUT2D eigenvalue weighted by Gasteiger charge is 2.62. The van der Waals surface area contributed by atoms with E-state index in [-0.39, 0.29) is 17.1 Å². The van der Waals surface area contributed by atoms with E-state index >= 15 is 0 Å². The molecule has 3 aliphatic rings. The molecule has 3 nitrogen and oxygen atoms in total. The molecule has 2 aliphatic carbocycles. The summed E-state index contributed by atoms with van der Waals surface area (Å²) < 4.78 is 0. The van der Waals surface area contributed by atoms with Gasteiger partial charge in [-0.1, -0.05) is 32.8 Å². The number of hydrogen-bond donors (Lipinski definition) is 1. The largest absolute Gasteiger partial charge is 0.317 e. The second-order valence-electron chi connectivity index (χ2n) is 7.61. The van der Waals surface area contributed by atoms with Crippen LogP contribution in [-0.4, -0.2) is 22.4 Å². The van der Waals surface area contributed by atoms with Crippen molar-refractivity contribution in [3.8, 4) is 0 Å². The molecule has 1 aromatic rings. The molecule has 1 aliphatic heterocycles. The first-order chi connectivity index (χ1) is 10.0. The highest BCUT2D eigenvalue weighted by molar-refractivity contribution is 7.10. The lowest BCUT2D eigenvalue weighted by molar-refractivity contribution is -0.137. The number of rotatable bonds is 2. The van der Waals surface area contributed by atoms with Gasteiger partial charge in [0.25, 0.3) is 0 Å². The highest BCUT2D eigenvalue weighted by Crippen LogP contribution is 2.51. The zero-order valence-electron chi connectivity index (χ0n) is 12.9. The van der Waals surface area contributed by atoms with Gasteiger partial charge in [0.1, 0.15) is 11.7 Å². The Morgan fingerprint density at radius 3 is 2.71 bits per heavy atom. The van der Waals surface area contributed by atoms with Crippen LogP contribution in [0.25, 0.3) is 0 Å². The lowest BCUT2D eigenvalue weighted by Gasteiger charge is -2.45. The van der Waals surface area contributed by atoms with E-state index in [1.54, 1.807) is 11.3 Å². The molecule has 2 saturated carbocycles. The van der Waals surface area contributed by atoms with Gasteiger partial charge < -0.3 is 4.90 Å². The molecule has 1 spiro atoms. The molecule has 114 valence electrons.